The summed E-state index contributed by atoms with van der Waals surface area (Å²) < 4.78 is 1.54. The summed E-state index contributed by atoms with van der Waals surface area (Å²) in [6, 6.07) is 9.27. The van der Waals surface area contributed by atoms with Gasteiger partial charge in [-0.15, -0.1) is 0 Å². The number of nitriles is 1. The number of hydrogen-bond acceptors (Lipinski definition) is 3. The Morgan fingerprint density at radius 1 is 1.20 bits per heavy atom. The van der Waals surface area contributed by atoms with Crippen LogP contribution in [-0.4, -0.2) is 4.57 Å². The largest absolute Gasteiger partial charge is 0.384 e. The maximum Gasteiger partial charge on any atom is 0.260 e. The van der Waals surface area contributed by atoms with Gasteiger partial charge in [0.1, 0.15) is 17.5 Å². The molecule has 0 unspecified atom stereocenters. The molecule has 2 N–H and O–H groups in total. The van der Waals surface area contributed by atoms with Gasteiger partial charge in [0.2, 0.25) is 0 Å². The molecule has 0 radical (unpaired) electrons. The number of nitrogen functional groups attached to an aromatic ring is 1. The van der Waals surface area contributed by atoms with Crippen molar-refractivity contribution >= 4 is 16.6 Å². The van der Waals surface area contributed by atoms with Crippen LogP contribution in [0.1, 0.15) is 38.2 Å². The van der Waals surface area contributed by atoms with Crippen molar-refractivity contribution in [3.05, 3.63) is 40.2 Å². The van der Waals surface area contributed by atoms with Crippen LogP contribution in [0.3, 0.4) is 0 Å². The highest BCUT2D eigenvalue weighted by atomic mass is 16.1. The number of aromatic nitrogens is 1. The Balaban J connectivity index is 2.50. The molecule has 0 aliphatic carbocycles. The van der Waals surface area contributed by atoms with Crippen LogP contribution in [0.15, 0.2) is 29.1 Å². The maximum atomic E-state index is 12.5. The van der Waals surface area contributed by atoms with E-state index < -0.39 is 0 Å². The topological polar surface area (TPSA) is 71.8 Å². The van der Waals surface area contributed by atoms with Crippen molar-refractivity contribution in [2.75, 3.05) is 5.73 Å². The van der Waals surface area contributed by atoms with Crippen molar-refractivity contribution in [2.45, 2.75) is 39.2 Å². The summed E-state index contributed by atoms with van der Waals surface area (Å²) in [5, 5.41) is 10.5. The van der Waals surface area contributed by atoms with E-state index in [1.54, 1.807) is 12.1 Å². The lowest BCUT2D eigenvalue weighted by Crippen LogP contribution is -2.24. The SMILES string of the molecule is CCCCCCn1c(N)c(C#N)c2ccccc2c1=O. The third kappa shape index (κ3) is 2.53. The minimum absolute atomic E-state index is 0.103. The van der Waals surface area contributed by atoms with Crippen LogP contribution < -0.4 is 11.3 Å². The third-order valence-corrected chi connectivity index (χ3v) is 3.57. The average molecular weight is 269 g/mol. The average Bonchev–Trinajstić information content (AvgIpc) is 2.47. The van der Waals surface area contributed by atoms with Gasteiger partial charge in [-0.3, -0.25) is 9.36 Å². The number of nitrogens with zero attached hydrogens (tertiary/aromatic N) is 2. The zero-order valence-electron chi connectivity index (χ0n) is 11.7. The summed E-state index contributed by atoms with van der Waals surface area (Å²) in [5.41, 5.74) is 6.31. The molecule has 0 atom stereocenters. The predicted molar refractivity (Wildman–Crippen MR) is 81.5 cm³/mol. The van der Waals surface area contributed by atoms with Crippen molar-refractivity contribution in [3.8, 4) is 6.07 Å². The standard InChI is InChI=1S/C16H19N3O/c1-2-3-4-7-10-19-15(18)14(11-17)12-8-5-6-9-13(12)16(19)20/h5-6,8-9H,2-4,7,10,18H2,1H3. The van der Waals surface area contributed by atoms with Gasteiger partial charge in [0.25, 0.3) is 5.56 Å². The second-order valence-corrected chi connectivity index (χ2v) is 4.94. The molecular weight excluding hydrogens is 250 g/mol. The number of benzene rings is 1. The lowest BCUT2D eigenvalue weighted by Gasteiger charge is -2.13. The second-order valence-electron chi connectivity index (χ2n) is 4.94. The molecule has 104 valence electrons. The number of fused-ring (bicyclic) bond motifs is 1. The molecule has 1 aromatic heterocycles. The Kier molecular flexibility index (Phi) is 4.41. The van der Waals surface area contributed by atoms with E-state index in [1.165, 1.54) is 4.57 Å². The molecule has 4 nitrogen and oxygen atoms in total. The molecule has 0 saturated carbocycles. The molecule has 0 saturated heterocycles. The van der Waals surface area contributed by atoms with Crippen molar-refractivity contribution in [2.24, 2.45) is 0 Å². The van der Waals surface area contributed by atoms with Gasteiger partial charge in [-0.2, -0.15) is 5.26 Å². The Hall–Kier alpha value is -2.28. The van der Waals surface area contributed by atoms with E-state index >= 15 is 0 Å². The molecule has 0 aliphatic rings. The van der Waals surface area contributed by atoms with Crippen LogP contribution in [0.5, 0.6) is 0 Å². The molecule has 0 aliphatic heterocycles. The Morgan fingerprint density at radius 3 is 2.55 bits per heavy atom. The molecule has 1 aromatic carbocycles. The van der Waals surface area contributed by atoms with Crippen LogP contribution in [0.2, 0.25) is 0 Å². The van der Waals surface area contributed by atoms with Gasteiger partial charge in [0, 0.05) is 17.3 Å². The zero-order chi connectivity index (χ0) is 14.5. The van der Waals surface area contributed by atoms with Crippen molar-refractivity contribution in [1.82, 2.24) is 4.57 Å². The van der Waals surface area contributed by atoms with Gasteiger partial charge in [-0.05, 0) is 12.5 Å². The van der Waals surface area contributed by atoms with E-state index in [-0.39, 0.29) is 11.4 Å². The maximum absolute atomic E-state index is 12.5. The fraction of sp³-hybridized carbons (Fsp3) is 0.375. The summed E-state index contributed by atoms with van der Waals surface area (Å²) in [7, 11) is 0. The van der Waals surface area contributed by atoms with Gasteiger partial charge in [0.05, 0.1) is 0 Å². The van der Waals surface area contributed by atoms with Crippen molar-refractivity contribution in [1.29, 1.82) is 5.26 Å². The molecule has 4 heteroatoms. The first-order chi connectivity index (χ1) is 9.70. The normalized spacial score (nSPS) is 10.6. The fourth-order valence-corrected chi connectivity index (χ4v) is 2.45. The van der Waals surface area contributed by atoms with Crippen LogP contribution in [0, 0.1) is 11.3 Å². The first kappa shape index (κ1) is 14.1. The molecule has 0 fully saturated rings. The highest BCUT2D eigenvalue weighted by molar-refractivity contribution is 5.90. The number of hydrogen-bond donors (Lipinski definition) is 1. The zero-order valence-corrected chi connectivity index (χ0v) is 11.7. The van der Waals surface area contributed by atoms with Crippen LogP contribution >= 0.6 is 0 Å². The van der Waals surface area contributed by atoms with E-state index in [9.17, 15) is 10.1 Å². The highest BCUT2D eigenvalue weighted by Gasteiger charge is 2.13. The lowest BCUT2D eigenvalue weighted by atomic mass is 10.1. The summed E-state index contributed by atoms with van der Waals surface area (Å²) >= 11 is 0. The van der Waals surface area contributed by atoms with E-state index in [1.807, 2.05) is 12.1 Å². The van der Waals surface area contributed by atoms with Crippen LogP contribution in [-0.2, 0) is 6.54 Å². The number of pyridine rings is 1. The molecule has 2 rings (SSSR count). The van der Waals surface area contributed by atoms with Gasteiger partial charge in [-0.25, -0.2) is 0 Å². The minimum atomic E-state index is -0.103. The van der Waals surface area contributed by atoms with E-state index in [4.69, 9.17) is 5.73 Å². The monoisotopic (exact) mass is 269 g/mol. The molecule has 2 aromatic rings. The van der Waals surface area contributed by atoms with Crippen molar-refractivity contribution < 1.29 is 0 Å². The van der Waals surface area contributed by atoms with Gasteiger partial charge >= 0.3 is 0 Å². The number of anilines is 1. The van der Waals surface area contributed by atoms with Gasteiger partial charge in [-0.1, -0.05) is 44.4 Å². The first-order valence-corrected chi connectivity index (χ1v) is 7.01. The summed E-state index contributed by atoms with van der Waals surface area (Å²) in [5.74, 6) is 0.285. The Bertz CT molecular complexity index is 710. The minimum Gasteiger partial charge on any atom is -0.384 e. The van der Waals surface area contributed by atoms with Gasteiger partial charge in [0.15, 0.2) is 0 Å². The molecule has 0 spiro atoms. The first-order valence-electron chi connectivity index (χ1n) is 7.01. The molecule has 1 heterocycles. The number of unbranched alkanes of at least 4 members (excludes halogenated alkanes) is 3. The highest BCUT2D eigenvalue weighted by Crippen LogP contribution is 2.20. The smallest absolute Gasteiger partial charge is 0.260 e. The van der Waals surface area contributed by atoms with E-state index in [0.717, 1.165) is 25.7 Å². The second kappa shape index (κ2) is 6.25. The van der Waals surface area contributed by atoms with Crippen LogP contribution in [0.25, 0.3) is 10.8 Å². The lowest BCUT2D eigenvalue weighted by molar-refractivity contribution is 0.577. The number of rotatable bonds is 5. The number of nitrogens with two attached hydrogens (primary N) is 1. The Morgan fingerprint density at radius 2 is 1.90 bits per heavy atom. The quantitative estimate of drug-likeness (QED) is 0.848. The summed E-state index contributed by atoms with van der Waals surface area (Å²) in [6.45, 7) is 2.72. The molecular formula is C16H19N3O. The molecule has 0 amide bonds. The van der Waals surface area contributed by atoms with E-state index in [0.29, 0.717) is 22.9 Å². The fourth-order valence-electron chi connectivity index (χ4n) is 2.45. The van der Waals surface area contributed by atoms with E-state index in [2.05, 4.69) is 13.0 Å². The third-order valence-electron chi connectivity index (χ3n) is 3.57. The molecule has 0 bridgehead atoms. The van der Waals surface area contributed by atoms with Gasteiger partial charge < -0.3 is 5.73 Å². The Labute approximate surface area is 118 Å². The van der Waals surface area contributed by atoms with Crippen LogP contribution in [0.4, 0.5) is 5.82 Å². The predicted octanol–water partition coefficient (Wildman–Crippen LogP) is 3.04. The summed E-state index contributed by atoms with van der Waals surface area (Å²) in [4.78, 5) is 12.5. The van der Waals surface area contributed by atoms with Crippen molar-refractivity contribution in [3.63, 3.8) is 0 Å². The molecule has 20 heavy (non-hydrogen) atoms. The summed E-state index contributed by atoms with van der Waals surface area (Å²) in [6.07, 6.45) is 4.26.